The van der Waals surface area contributed by atoms with Crippen molar-refractivity contribution in [2.75, 3.05) is 11.1 Å². The van der Waals surface area contributed by atoms with Crippen LogP contribution >= 0.6 is 27.7 Å². The van der Waals surface area contributed by atoms with Gasteiger partial charge in [-0.2, -0.15) is 11.8 Å². The van der Waals surface area contributed by atoms with E-state index in [1.165, 1.54) is 23.9 Å². The zero-order chi connectivity index (χ0) is 8.54. The quantitative estimate of drug-likeness (QED) is 0.674. The SMILES string of the molecule is CC(C)(C)SCC1(CBr)CC1. The molecule has 0 spiro atoms. The first-order valence-electron chi connectivity index (χ1n) is 4.17. The number of alkyl halides is 1. The Labute approximate surface area is 82.6 Å². The molecule has 1 aliphatic carbocycles. The second kappa shape index (κ2) is 3.29. The molecule has 0 radical (unpaired) electrons. The summed E-state index contributed by atoms with van der Waals surface area (Å²) in [5, 5.41) is 1.20. The van der Waals surface area contributed by atoms with E-state index < -0.39 is 0 Å². The van der Waals surface area contributed by atoms with Gasteiger partial charge in [-0.3, -0.25) is 0 Å². The maximum absolute atomic E-state index is 3.59. The highest BCUT2D eigenvalue weighted by Crippen LogP contribution is 2.50. The summed E-state index contributed by atoms with van der Waals surface area (Å²) in [7, 11) is 0. The summed E-state index contributed by atoms with van der Waals surface area (Å²) in [6.07, 6.45) is 2.86. The van der Waals surface area contributed by atoms with Crippen molar-refractivity contribution in [1.29, 1.82) is 0 Å². The zero-order valence-electron chi connectivity index (χ0n) is 7.61. The van der Waals surface area contributed by atoms with Gasteiger partial charge in [0, 0.05) is 15.8 Å². The normalized spacial score (nSPS) is 21.8. The largest absolute Gasteiger partial charge is 0.155 e. The highest BCUT2D eigenvalue weighted by molar-refractivity contribution is 9.09. The van der Waals surface area contributed by atoms with Crippen molar-refractivity contribution >= 4 is 27.7 Å². The van der Waals surface area contributed by atoms with E-state index >= 15 is 0 Å². The third-order valence-corrected chi connectivity index (χ3v) is 4.86. The van der Waals surface area contributed by atoms with Crippen molar-refractivity contribution in [3.63, 3.8) is 0 Å². The van der Waals surface area contributed by atoms with E-state index in [9.17, 15) is 0 Å². The molecule has 0 amide bonds. The lowest BCUT2D eigenvalue weighted by Crippen LogP contribution is -2.14. The van der Waals surface area contributed by atoms with Crippen LogP contribution in [0.15, 0.2) is 0 Å². The Bertz CT molecular complexity index is 133. The Morgan fingerprint density at radius 3 is 2.18 bits per heavy atom. The molecule has 2 heteroatoms. The fourth-order valence-electron chi connectivity index (χ4n) is 0.863. The van der Waals surface area contributed by atoms with Gasteiger partial charge in [0.25, 0.3) is 0 Å². The summed E-state index contributed by atoms with van der Waals surface area (Å²) in [6.45, 7) is 6.88. The molecule has 0 atom stereocenters. The molecule has 0 aromatic heterocycles. The first-order chi connectivity index (χ1) is 4.97. The van der Waals surface area contributed by atoms with E-state index in [1.54, 1.807) is 0 Å². The predicted molar refractivity (Wildman–Crippen MR) is 57.7 cm³/mol. The first-order valence-corrected chi connectivity index (χ1v) is 6.28. The third kappa shape index (κ3) is 3.37. The second-order valence-corrected chi connectivity index (χ2v) is 6.90. The highest BCUT2D eigenvalue weighted by Gasteiger charge is 2.41. The van der Waals surface area contributed by atoms with Crippen LogP contribution in [0.1, 0.15) is 33.6 Å². The lowest BCUT2D eigenvalue weighted by Gasteiger charge is -2.21. The minimum Gasteiger partial charge on any atom is -0.155 e. The minimum atomic E-state index is 0.442. The topological polar surface area (TPSA) is 0 Å². The van der Waals surface area contributed by atoms with E-state index in [0.29, 0.717) is 10.2 Å². The van der Waals surface area contributed by atoms with Crippen LogP contribution in [0, 0.1) is 5.41 Å². The molecule has 0 saturated heterocycles. The van der Waals surface area contributed by atoms with Crippen molar-refractivity contribution in [3.05, 3.63) is 0 Å². The Morgan fingerprint density at radius 1 is 1.36 bits per heavy atom. The summed E-state index contributed by atoms with van der Waals surface area (Å²) in [5.41, 5.74) is 0.679. The van der Waals surface area contributed by atoms with Crippen LogP contribution in [0.4, 0.5) is 0 Å². The van der Waals surface area contributed by atoms with Crippen molar-refractivity contribution in [3.8, 4) is 0 Å². The van der Waals surface area contributed by atoms with Gasteiger partial charge >= 0.3 is 0 Å². The van der Waals surface area contributed by atoms with Crippen LogP contribution in [-0.2, 0) is 0 Å². The molecule has 66 valence electrons. The van der Waals surface area contributed by atoms with Gasteiger partial charge in [-0.15, -0.1) is 0 Å². The molecule has 1 fully saturated rings. The number of hydrogen-bond donors (Lipinski definition) is 0. The molecular weight excluding hydrogens is 220 g/mol. The van der Waals surface area contributed by atoms with Gasteiger partial charge in [-0.05, 0) is 18.3 Å². The summed E-state index contributed by atoms with van der Waals surface area (Å²) in [5.74, 6) is 1.34. The molecule has 0 bridgehead atoms. The maximum atomic E-state index is 3.59. The number of hydrogen-bond acceptors (Lipinski definition) is 1. The fraction of sp³-hybridized carbons (Fsp3) is 1.00. The molecular formula is C9H17BrS. The second-order valence-electron chi connectivity index (χ2n) is 4.53. The Balaban J connectivity index is 2.22. The first kappa shape index (κ1) is 9.91. The molecule has 0 heterocycles. The highest BCUT2D eigenvalue weighted by atomic mass is 79.9. The van der Waals surface area contributed by atoms with Gasteiger partial charge < -0.3 is 0 Å². The van der Waals surface area contributed by atoms with Crippen molar-refractivity contribution in [1.82, 2.24) is 0 Å². The molecule has 1 saturated carbocycles. The molecule has 11 heavy (non-hydrogen) atoms. The average Bonchev–Trinajstić information content (AvgIpc) is 2.63. The lowest BCUT2D eigenvalue weighted by atomic mass is 10.2. The fourth-order valence-corrected chi connectivity index (χ4v) is 3.01. The monoisotopic (exact) mass is 236 g/mol. The van der Waals surface area contributed by atoms with Crippen molar-refractivity contribution < 1.29 is 0 Å². The standard InChI is InChI=1S/C9H17BrS/c1-8(2,3)11-7-9(6-10)4-5-9/h4-7H2,1-3H3. The number of halogens is 1. The molecule has 0 aliphatic heterocycles. The molecule has 0 aromatic rings. The van der Waals surface area contributed by atoms with Crippen LogP contribution in [-0.4, -0.2) is 15.8 Å². The van der Waals surface area contributed by atoms with Gasteiger partial charge in [0.2, 0.25) is 0 Å². The Kier molecular flexibility index (Phi) is 2.97. The van der Waals surface area contributed by atoms with Gasteiger partial charge in [0.1, 0.15) is 0 Å². The molecule has 0 aromatic carbocycles. The van der Waals surface area contributed by atoms with E-state index in [1.807, 2.05) is 0 Å². The van der Waals surface area contributed by atoms with Gasteiger partial charge in [0.15, 0.2) is 0 Å². The molecule has 1 rings (SSSR count). The summed E-state index contributed by atoms with van der Waals surface area (Å²) in [4.78, 5) is 0. The third-order valence-electron chi connectivity index (χ3n) is 2.05. The molecule has 0 N–H and O–H groups in total. The molecule has 0 nitrogen and oxygen atoms in total. The minimum absolute atomic E-state index is 0.442. The van der Waals surface area contributed by atoms with Crippen molar-refractivity contribution in [2.24, 2.45) is 5.41 Å². The maximum Gasteiger partial charge on any atom is 0.00958 e. The summed E-state index contributed by atoms with van der Waals surface area (Å²) >= 11 is 5.69. The Hall–Kier alpha value is 0.830. The zero-order valence-corrected chi connectivity index (χ0v) is 10.0. The predicted octanol–water partition coefficient (Wildman–Crippen LogP) is 3.69. The summed E-state index contributed by atoms with van der Waals surface area (Å²) in [6, 6.07) is 0. The number of thioether (sulfide) groups is 1. The van der Waals surface area contributed by atoms with Crippen LogP contribution in [0.2, 0.25) is 0 Å². The van der Waals surface area contributed by atoms with Gasteiger partial charge in [-0.25, -0.2) is 0 Å². The number of rotatable bonds is 3. The average molecular weight is 237 g/mol. The lowest BCUT2D eigenvalue weighted by molar-refractivity contribution is 0.676. The van der Waals surface area contributed by atoms with E-state index in [0.717, 1.165) is 0 Å². The van der Waals surface area contributed by atoms with Gasteiger partial charge in [0.05, 0.1) is 0 Å². The van der Waals surface area contributed by atoms with Gasteiger partial charge in [-0.1, -0.05) is 36.7 Å². The molecule has 1 aliphatic rings. The van der Waals surface area contributed by atoms with Crippen LogP contribution in [0.25, 0.3) is 0 Å². The van der Waals surface area contributed by atoms with E-state index in [2.05, 4.69) is 48.5 Å². The summed E-state index contributed by atoms with van der Waals surface area (Å²) < 4.78 is 0.442. The Morgan fingerprint density at radius 2 is 1.91 bits per heavy atom. The van der Waals surface area contributed by atoms with Crippen LogP contribution < -0.4 is 0 Å². The van der Waals surface area contributed by atoms with Crippen LogP contribution in [0.3, 0.4) is 0 Å². The van der Waals surface area contributed by atoms with E-state index in [4.69, 9.17) is 0 Å². The molecule has 0 unspecified atom stereocenters. The van der Waals surface area contributed by atoms with E-state index in [-0.39, 0.29) is 0 Å². The van der Waals surface area contributed by atoms with Crippen molar-refractivity contribution in [2.45, 2.75) is 38.4 Å². The van der Waals surface area contributed by atoms with Crippen LogP contribution in [0.5, 0.6) is 0 Å². The smallest absolute Gasteiger partial charge is 0.00958 e.